The molecule has 0 aliphatic carbocycles. The predicted molar refractivity (Wildman–Crippen MR) is 71.0 cm³/mol. The zero-order chi connectivity index (χ0) is 13.0. The summed E-state index contributed by atoms with van der Waals surface area (Å²) >= 11 is 1.63. The van der Waals surface area contributed by atoms with Crippen molar-refractivity contribution in [1.82, 2.24) is 20.3 Å². The highest BCUT2D eigenvalue weighted by Crippen LogP contribution is 2.26. The molecule has 1 atom stereocenters. The molecule has 96 valence electrons. The molecule has 0 aliphatic heterocycles. The van der Waals surface area contributed by atoms with E-state index in [-0.39, 0.29) is 6.04 Å². The lowest BCUT2D eigenvalue weighted by Crippen LogP contribution is -2.24. The standard InChI is InChI=1S/C12H16N4OS/c1-4-13-10(9-7-18-8(2)16-9)11-12(17-3)15-6-5-14-11/h5-7,10,13H,4H2,1-3H3. The van der Waals surface area contributed by atoms with Gasteiger partial charge < -0.3 is 10.1 Å². The number of aromatic nitrogens is 3. The smallest absolute Gasteiger partial charge is 0.237 e. The fourth-order valence-corrected chi connectivity index (χ4v) is 2.39. The summed E-state index contributed by atoms with van der Waals surface area (Å²) in [6.07, 6.45) is 3.29. The van der Waals surface area contributed by atoms with Crippen LogP contribution in [-0.4, -0.2) is 28.6 Å². The van der Waals surface area contributed by atoms with E-state index in [1.54, 1.807) is 30.8 Å². The van der Waals surface area contributed by atoms with Gasteiger partial charge in [-0.2, -0.15) is 0 Å². The third-order valence-corrected chi connectivity index (χ3v) is 3.29. The number of nitrogens with one attached hydrogen (secondary N) is 1. The van der Waals surface area contributed by atoms with Crippen LogP contribution in [0, 0.1) is 6.92 Å². The summed E-state index contributed by atoms with van der Waals surface area (Å²) in [5.41, 5.74) is 1.73. The van der Waals surface area contributed by atoms with E-state index in [1.165, 1.54) is 0 Å². The molecule has 5 nitrogen and oxygen atoms in total. The van der Waals surface area contributed by atoms with Crippen molar-refractivity contribution < 1.29 is 4.74 Å². The number of ether oxygens (including phenoxy) is 1. The first kappa shape index (κ1) is 12.9. The Morgan fingerprint density at radius 3 is 2.78 bits per heavy atom. The van der Waals surface area contributed by atoms with Crippen LogP contribution in [0.1, 0.15) is 29.4 Å². The minimum Gasteiger partial charge on any atom is -0.480 e. The molecule has 0 aliphatic rings. The minimum absolute atomic E-state index is 0.0800. The molecule has 2 heterocycles. The first-order valence-electron chi connectivity index (χ1n) is 5.76. The molecule has 0 saturated heterocycles. The van der Waals surface area contributed by atoms with Crippen molar-refractivity contribution in [3.05, 3.63) is 34.2 Å². The number of hydrogen-bond acceptors (Lipinski definition) is 6. The summed E-state index contributed by atoms with van der Waals surface area (Å²) in [5.74, 6) is 0.536. The Morgan fingerprint density at radius 1 is 1.39 bits per heavy atom. The molecule has 2 aromatic rings. The molecule has 0 bridgehead atoms. The molecule has 0 aromatic carbocycles. The van der Waals surface area contributed by atoms with Crippen LogP contribution in [0.15, 0.2) is 17.8 Å². The van der Waals surface area contributed by atoms with Crippen LogP contribution in [-0.2, 0) is 0 Å². The molecule has 1 unspecified atom stereocenters. The Labute approximate surface area is 110 Å². The van der Waals surface area contributed by atoms with Gasteiger partial charge in [0.15, 0.2) is 0 Å². The van der Waals surface area contributed by atoms with Crippen LogP contribution in [0.5, 0.6) is 5.88 Å². The quantitative estimate of drug-likeness (QED) is 0.894. The Bertz CT molecular complexity index is 514. The van der Waals surface area contributed by atoms with E-state index in [0.29, 0.717) is 5.88 Å². The number of aryl methyl sites for hydroxylation is 1. The van der Waals surface area contributed by atoms with Crippen molar-refractivity contribution in [2.75, 3.05) is 13.7 Å². The first-order valence-corrected chi connectivity index (χ1v) is 6.64. The zero-order valence-corrected chi connectivity index (χ0v) is 11.5. The number of rotatable bonds is 5. The highest BCUT2D eigenvalue weighted by molar-refractivity contribution is 7.09. The molecule has 0 amide bonds. The second-order valence-corrected chi connectivity index (χ2v) is 4.80. The lowest BCUT2D eigenvalue weighted by Gasteiger charge is -2.16. The second kappa shape index (κ2) is 5.88. The van der Waals surface area contributed by atoms with Crippen LogP contribution in [0.25, 0.3) is 0 Å². The van der Waals surface area contributed by atoms with Gasteiger partial charge >= 0.3 is 0 Å². The lowest BCUT2D eigenvalue weighted by atomic mass is 10.1. The molecule has 0 spiro atoms. The Hall–Kier alpha value is -1.53. The summed E-state index contributed by atoms with van der Waals surface area (Å²) < 4.78 is 5.26. The highest BCUT2D eigenvalue weighted by Gasteiger charge is 2.21. The van der Waals surface area contributed by atoms with Crippen molar-refractivity contribution in [3.63, 3.8) is 0 Å². The van der Waals surface area contributed by atoms with Crippen molar-refractivity contribution in [1.29, 1.82) is 0 Å². The molecule has 18 heavy (non-hydrogen) atoms. The van der Waals surface area contributed by atoms with Crippen molar-refractivity contribution in [2.24, 2.45) is 0 Å². The third-order valence-electron chi connectivity index (χ3n) is 2.50. The van der Waals surface area contributed by atoms with Crippen LogP contribution in [0.2, 0.25) is 0 Å². The van der Waals surface area contributed by atoms with Gasteiger partial charge in [0.2, 0.25) is 5.88 Å². The molecule has 0 saturated carbocycles. The van der Waals surface area contributed by atoms with Gasteiger partial charge in [0.1, 0.15) is 5.69 Å². The molecule has 1 N–H and O–H groups in total. The van der Waals surface area contributed by atoms with Crippen molar-refractivity contribution in [3.8, 4) is 5.88 Å². The maximum absolute atomic E-state index is 5.26. The Morgan fingerprint density at radius 2 is 2.17 bits per heavy atom. The van der Waals surface area contributed by atoms with E-state index in [9.17, 15) is 0 Å². The topological polar surface area (TPSA) is 59.9 Å². The number of methoxy groups -OCH3 is 1. The summed E-state index contributed by atoms with van der Waals surface area (Å²) in [6, 6.07) is -0.0800. The van der Waals surface area contributed by atoms with Crippen LogP contribution in [0.4, 0.5) is 0 Å². The molecule has 2 aromatic heterocycles. The highest BCUT2D eigenvalue weighted by atomic mass is 32.1. The Balaban J connectivity index is 2.41. The number of thiazole rings is 1. The molecule has 0 radical (unpaired) electrons. The summed E-state index contributed by atoms with van der Waals surface area (Å²) in [5, 5.41) is 6.44. The normalized spacial score (nSPS) is 12.4. The fourth-order valence-electron chi connectivity index (χ4n) is 1.75. The summed E-state index contributed by atoms with van der Waals surface area (Å²) in [4.78, 5) is 13.1. The largest absolute Gasteiger partial charge is 0.480 e. The van der Waals surface area contributed by atoms with E-state index in [4.69, 9.17) is 4.74 Å². The number of hydrogen-bond donors (Lipinski definition) is 1. The van der Waals surface area contributed by atoms with E-state index < -0.39 is 0 Å². The van der Waals surface area contributed by atoms with Gasteiger partial charge in [-0.3, -0.25) is 4.98 Å². The van der Waals surface area contributed by atoms with E-state index in [0.717, 1.165) is 22.9 Å². The summed E-state index contributed by atoms with van der Waals surface area (Å²) in [6.45, 7) is 4.86. The van der Waals surface area contributed by atoms with Crippen LogP contribution < -0.4 is 10.1 Å². The second-order valence-electron chi connectivity index (χ2n) is 3.73. The predicted octanol–water partition coefficient (Wildman–Crippen LogP) is 1.95. The average Bonchev–Trinajstić information content (AvgIpc) is 2.82. The maximum Gasteiger partial charge on any atom is 0.237 e. The zero-order valence-electron chi connectivity index (χ0n) is 10.7. The monoisotopic (exact) mass is 264 g/mol. The SMILES string of the molecule is CCNC(c1csc(C)n1)c1nccnc1OC. The van der Waals surface area contributed by atoms with Gasteiger partial charge in [-0.15, -0.1) is 11.3 Å². The maximum atomic E-state index is 5.26. The van der Waals surface area contributed by atoms with E-state index in [2.05, 4.69) is 27.2 Å². The van der Waals surface area contributed by atoms with Gasteiger partial charge in [0, 0.05) is 17.8 Å². The van der Waals surface area contributed by atoms with E-state index >= 15 is 0 Å². The van der Waals surface area contributed by atoms with Crippen molar-refractivity contribution >= 4 is 11.3 Å². The fraction of sp³-hybridized carbons (Fsp3) is 0.417. The lowest BCUT2D eigenvalue weighted by molar-refractivity contribution is 0.382. The first-order chi connectivity index (χ1) is 8.76. The van der Waals surface area contributed by atoms with Crippen molar-refractivity contribution in [2.45, 2.75) is 19.9 Å². The summed E-state index contributed by atoms with van der Waals surface area (Å²) in [7, 11) is 1.60. The molecule has 2 rings (SSSR count). The third kappa shape index (κ3) is 2.65. The number of nitrogens with zero attached hydrogens (tertiary/aromatic N) is 3. The van der Waals surface area contributed by atoms with E-state index in [1.807, 2.05) is 12.3 Å². The molecular formula is C12H16N4OS. The minimum atomic E-state index is -0.0800. The van der Waals surface area contributed by atoms with Gasteiger partial charge in [-0.05, 0) is 13.5 Å². The molecule has 0 fully saturated rings. The van der Waals surface area contributed by atoms with Crippen LogP contribution >= 0.6 is 11.3 Å². The van der Waals surface area contributed by atoms with Gasteiger partial charge in [-0.25, -0.2) is 9.97 Å². The van der Waals surface area contributed by atoms with Gasteiger partial charge in [0.05, 0.1) is 23.9 Å². The van der Waals surface area contributed by atoms with Gasteiger partial charge in [-0.1, -0.05) is 6.92 Å². The van der Waals surface area contributed by atoms with Gasteiger partial charge in [0.25, 0.3) is 0 Å². The molecule has 6 heteroatoms. The Kier molecular flexibility index (Phi) is 4.22. The average molecular weight is 264 g/mol. The molecular weight excluding hydrogens is 248 g/mol. The van der Waals surface area contributed by atoms with Crippen LogP contribution in [0.3, 0.4) is 0 Å².